The predicted molar refractivity (Wildman–Crippen MR) is 91.2 cm³/mol. The summed E-state index contributed by atoms with van der Waals surface area (Å²) in [6, 6.07) is 14.1. The van der Waals surface area contributed by atoms with Gasteiger partial charge in [-0.3, -0.25) is 9.69 Å². The second-order valence-electron chi connectivity index (χ2n) is 6.00. The molecule has 4 nitrogen and oxygen atoms in total. The highest BCUT2D eigenvalue weighted by atomic mass is 19.1. The topological polar surface area (TPSA) is 52.6 Å². The number of aliphatic hydroxyl groups is 1. The van der Waals surface area contributed by atoms with Crippen LogP contribution < -0.4 is 5.32 Å². The molecule has 0 heterocycles. The summed E-state index contributed by atoms with van der Waals surface area (Å²) in [7, 11) is 0. The molecule has 1 unspecified atom stereocenters. The molecule has 1 amide bonds. The lowest BCUT2D eigenvalue weighted by atomic mass is 10.1. The maximum absolute atomic E-state index is 12.9. The summed E-state index contributed by atoms with van der Waals surface area (Å²) in [6.45, 7) is 0.634. The fourth-order valence-corrected chi connectivity index (χ4v) is 3.31. The van der Waals surface area contributed by atoms with Crippen LogP contribution in [0.5, 0.6) is 0 Å². The number of carbonyl (C=O) groups is 1. The second kappa shape index (κ2) is 7.55. The first-order chi connectivity index (χ1) is 11.7. The average molecular weight is 328 g/mol. The third-order valence-corrected chi connectivity index (χ3v) is 4.40. The minimum Gasteiger partial charge on any atom is -0.395 e. The Morgan fingerprint density at radius 1 is 1.21 bits per heavy atom. The molecule has 1 aliphatic rings. The molecule has 2 aromatic carbocycles. The van der Waals surface area contributed by atoms with Crippen LogP contribution in [0.2, 0.25) is 0 Å². The third kappa shape index (κ3) is 3.80. The molecule has 0 bridgehead atoms. The van der Waals surface area contributed by atoms with Crippen LogP contribution in [-0.2, 0) is 11.2 Å². The van der Waals surface area contributed by atoms with Gasteiger partial charge in [-0.25, -0.2) is 4.39 Å². The van der Waals surface area contributed by atoms with Gasteiger partial charge in [0.05, 0.1) is 13.2 Å². The van der Waals surface area contributed by atoms with E-state index < -0.39 is 0 Å². The molecule has 0 spiro atoms. The van der Waals surface area contributed by atoms with Gasteiger partial charge in [0.2, 0.25) is 5.91 Å². The average Bonchev–Trinajstić information content (AvgIpc) is 3.00. The summed E-state index contributed by atoms with van der Waals surface area (Å²) in [6.07, 6.45) is 1.94. The lowest BCUT2D eigenvalue weighted by Gasteiger charge is -2.28. The van der Waals surface area contributed by atoms with Crippen molar-refractivity contribution >= 4 is 11.6 Å². The van der Waals surface area contributed by atoms with Gasteiger partial charge in [-0.2, -0.15) is 0 Å². The molecular formula is C19H21FN2O2. The van der Waals surface area contributed by atoms with Gasteiger partial charge in [-0.1, -0.05) is 24.3 Å². The Balaban J connectivity index is 1.68. The number of aliphatic hydroxyl groups excluding tert-OH is 1. The number of benzene rings is 2. The zero-order valence-corrected chi connectivity index (χ0v) is 13.4. The summed E-state index contributed by atoms with van der Waals surface area (Å²) in [5.74, 6) is -0.503. The molecule has 126 valence electrons. The molecule has 2 aromatic rings. The Bertz CT molecular complexity index is 703. The largest absolute Gasteiger partial charge is 0.395 e. The molecule has 0 saturated heterocycles. The number of amides is 1. The van der Waals surface area contributed by atoms with Crippen molar-refractivity contribution in [2.24, 2.45) is 0 Å². The molecule has 0 aromatic heterocycles. The maximum Gasteiger partial charge on any atom is 0.238 e. The number of anilines is 1. The first kappa shape index (κ1) is 16.6. The maximum atomic E-state index is 12.9. The van der Waals surface area contributed by atoms with Gasteiger partial charge in [0.15, 0.2) is 0 Å². The van der Waals surface area contributed by atoms with Crippen LogP contribution in [0.1, 0.15) is 23.6 Å². The summed E-state index contributed by atoms with van der Waals surface area (Å²) in [5.41, 5.74) is 3.11. The zero-order valence-electron chi connectivity index (χ0n) is 13.4. The van der Waals surface area contributed by atoms with E-state index in [0.717, 1.165) is 12.8 Å². The van der Waals surface area contributed by atoms with Crippen molar-refractivity contribution in [1.82, 2.24) is 4.90 Å². The highest BCUT2D eigenvalue weighted by Crippen LogP contribution is 2.35. The van der Waals surface area contributed by atoms with Crippen LogP contribution in [0, 0.1) is 5.82 Å². The molecule has 2 N–H and O–H groups in total. The van der Waals surface area contributed by atoms with E-state index in [1.165, 1.54) is 35.4 Å². The first-order valence-electron chi connectivity index (χ1n) is 8.15. The van der Waals surface area contributed by atoms with Crippen molar-refractivity contribution in [3.8, 4) is 0 Å². The van der Waals surface area contributed by atoms with Gasteiger partial charge in [0.25, 0.3) is 0 Å². The lowest BCUT2D eigenvalue weighted by molar-refractivity contribution is -0.118. The van der Waals surface area contributed by atoms with Gasteiger partial charge >= 0.3 is 0 Å². The molecule has 0 fully saturated rings. The highest BCUT2D eigenvalue weighted by molar-refractivity contribution is 5.92. The van der Waals surface area contributed by atoms with Gasteiger partial charge in [-0.05, 0) is 48.2 Å². The molecule has 5 heteroatoms. The van der Waals surface area contributed by atoms with Crippen LogP contribution in [0.15, 0.2) is 48.5 Å². The summed E-state index contributed by atoms with van der Waals surface area (Å²) < 4.78 is 12.9. The van der Waals surface area contributed by atoms with Crippen molar-refractivity contribution in [1.29, 1.82) is 0 Å². The molecular weight excluding hydrogens is 307 g/mol. The number of nitrogens with one attached hydrogen (secondary N) is 1. The van der Waals surface area contributed by atoms with Crippen LogP contribution in [0.25, 0.3) is 0 Å². The van der Waals surface area contributed by atoms with Gasteiger partial charge in [-0.15, -0.1) is 0 Å². The van der Waals surface area contributed by atoms with Crippen molar-refractivity contribution in [2.75, 3.05) is 25.0 Å². The zero-order chi connectivity index (χ0) is 16.9. The quantitative estimate of drug-likeness (QED) is 0.857. The highest BCUT2D eigenvalue weighted by Gasteiger charge is 2.28. The van der Waals surface area contributed by atoms with Crippen molar-refractivity contribution in [3.63, 3.8) is 0 Å². The minimum absolute atomic E-state index is 0.00248. The number of hydrogen-bond donors (Lipinski definition) is 2. The van der Waals surface area contributed by atoms with E-state index in [1.807, 2.05) is 17.0 Å². The van der Waals surface area contributed by atoms with Gasteiger partial charge in [0.1, 0.15) is 5.82 Å². The molecule has 0 radical (unpaired) electrons. The number of halogens is 1. The SMILES string of the molecule is O=C(CN(CCO)C1CCc2ccccc21)Nc1ccc(F)cc1. The van der Waals surface area contributed by atoms with Gasteiger partial charge in [0, 0.05) is 18.3 Å². The molecule has 24 heavy (non-hydrogen) atoms. The number of nitrogens with zero attached hydrogens (tertiary/aromatic N) is 1. The van der Waals surface area contributed by atoms with Crippen molar-refractivity contribution in [2.45, 2.75) is 18.9 Å². The fraction of sp³-hybridized carbons (Fsp3) is 0.316. The van der Waals surface area contributed by atoms with E-state index in [0.29, 0.717) is 12.2 Å². The standard InChI is InChI=1S/C19H21FN2O2/c20-15-6-8-16(9-7-15)21-19(24)13-22(11-12-23)18-10-5-14-3-1-2-4-17(14)18/h1-4,6-9,18,23H,5,10-13H2,(H,21,24). The van der Waals surface area contributed by atoms with Crippen molar-refractivity contribution < 1.29 is 14.3 Å². The van der Waals surface area contributed by atoms with Crippen molar-refractivity contribution in [3.05, 3.63) is 65.5 Å². The minimum atomic E-state index is -0.336. The van der Waals surface area contributed by atoms with Crippen LogP contribution in [-0.4, -0.2) is 35.6 Å². The fourth-order valence-electron chi connectivity index (χ4n) is 3.31. The molecule has 0 aliphatic heterocycles. The molecule has 0 saturated carbocycles. The smallest absolute Gasteiger partial charge is 0.238 e. The van der Waals surface area contributed by atoms with E-state index in [9.17, 15) is 14.3 Å². The monoisotopic (exact) mass is 328 g/mol. The number of hydrogen-bond acceptors (Lipinski definition) is 3. The Kier molecular flexibility index (Phi) is 5.23. The van der Waals surface area contributed by atoms with E-state index in [4.69, 9.17) is 0 Å². The van der Waals surface area contributed by atoms with Gasteiger partial charge < -0.3 is 10.4 Å². The van der Waals surface area contributed by atoms with E-state index in [1.54, 1.807) is 0 Å². The van der Waals surface area contributed by atoms with E-state index >= 15 is 0 Å². The molecule has 1 aliphatic carbocycles. The number of aryl methyl sites for hydroxylation is 1. The van der Waals surface area contributed by atoms with E-state index in [-0.39, 0.29) is 30.9 Å². The Morgan fingerprint density at radius 2 is 1.96 bits per heavy atom. The number of fused-ring (bicyclic) bond motifs is 1. The summed E-state index contributed by atoms with van der Waals surface area (Å²) in [5, 5.41) is 12.1. The molecule has 3 rings (SSSR count). The third-order valence-electron chi connectivity index (χ3n) is 4.40. The Labute approximate surface area is 140 Å². The lowest BCUT2D eigenvalue weighted by Crippen LogP contribution is -2.37. The predicted octanol–water partition coefficient (Wildman–Crippen LogP) is 2.75. The summed E-state index contributed by atoms with van der Waals surface area (Å²) in [4.78, 5) is 14.3. The number of carbonyl (C=O) groups excluding carboxylic acids is 1. The first-order valence-corrected chi connectivity index (χ1v) is 8.15. The van der Waals surface area contributed by atoms with Crippen LogP contribution >= 0.6 is 0 Å². The molecule has 1 atom stereocenters. The second-order valence-corrected chi connectivity index (χ2v) is 6.00. The Hall–Kier alpha value is -2.24. The van der Waals surface area contributed by atoms with Crippen LogP contribution in [0.4, 0.5) is 10.1 Å². The summed E-state index contributed by atoms with van der Waals surface area (Å²) >= 11 is 0. The normalized spacial score (nSPS) is 16.2. The van der Waals surface area contributed by atoms with E-state index in [2.05, 4.69) is 17.4 Å². The number of rotatable bonds is 6. The Morgan fingerprint density at radius 3 is 2.71 bits per heavy atom. The van der Waals surface area contributed by atoms with Crippen LogP contribution in [0.3, 0.4) is 0 Å².